The number of hydrogen-bond acceptors (Lipinski definition) is 1. The molecule has 0 bridgehead atoms. The Labute approximate surface area is 122 Å². The van der Waals surface area contributed by atoms with E-state index in [4.69, 9.17) is 0 Å². The van der Waals surface area contributed by atoms with Crippen molar-refractivity contribution in [3.05, 3.63) is 6.92 Å². The number of halogens is 5. The van der Waals surface area contributed by atoms with Crippen molar-refractivity contribution < 1.29 is 22.0 Å². The molecule has 121 valence electrons. The van der Waals surface area contributed by atoms with Crippen LogP contribution in [-0.2, 0) is 0 Å². The van der Waals surface area contributed by atoms with Crippen molar-refractivity contribution in [1.82, 2.24) is 0 Å². The highest BCUT2D eigenvalue weighted by Gasteiger charge is 2.60. The van der Waals surface area contributed by atoms with E-state index in [9.17, 15) is 22.0 Å². The number of thioether (sulfide) groups is 1. The molecular weight excluding hydrogens is 295 g/mol. The lowest BCUT2D eigenvalue weighted by molar-refractivity contribution is -0.280. The first-order chi connectivity index (χ1) is 9.23. The summed E-state index contributed by atoms with van der Waals surface area (Å²) in [6.45, 7) is 4.69. The molecule has 20 heavy (non-hydrogen) atoms. The molecule has 0 amide bonds. The molecular formula is C14H24F5S. The molecule has 0 nitrogen and oxygen atoms in total. The summed E-state index contributed by atoms with van der Waals surface area (Å²) in [5, 5.41) is -1.72. The van der Waals surface area contributed by atoms with Gasteiger partial charge >= 0.3 is 12.1 Å². The lowest BCUT2D eigenvalue weighted by atomic mass is 10.1. The van der Waals surface area contributed by atoms with E-state index in [1.165, 1.54) is 0 Å². The molecule has 0 aliphatic carbocycles. The van der Waals surface area contributed by atoms with Crippen LogP contribution < -0.4 is 0 Å². The average Bonchev–Trinajstić information content (AvgIpc) is 2.35. The van der Waals surface area contributed by atoms with Crippen molar-refractivity contribution in [1.29, 1.82) is 0 Å². The zero-order valence-corrected chi connectivity index (χ0v) is 12.8. The quantitative estimate of drug-likeness (QED) is 0.320. The van der Waals surface area contributed by atoms with Gasteiger partial charge in [0.25, 0.3) is 0 Å². The first-order valence-electron chi connectivity index (χ1n) is 7.09. The maximum absolute atomic E-state index is 12.9. The molecule has 0 saturated carbocycles. The zero-order valence-electron chi connectivity index (χ0n) is 11.9. The normalized spacial score (nSPS) is 14.6. The first-order valence-corrected chi connectivity index (χ1v) is 8.13. The summed E-state index contributed by atoms with van der Waals surface area (Å²) in [6, 6.07) is 0. The van der Waals surface area contributed by atoms with Gasteiger partial charge in [0.2, 0.25) is 0 Å². The van der Waals surface area contributed by atoms with Crippen molar-refractivity contribution >= 4 is 11.8 Å². The largest absolute Gasteiger partial charge is 0.454 e. The van der Waals surface area contributed by atoms with Crippen LogP contribution in [0.3, 0.4) is 0 Å². The van der Waals surface area contributed by atoms with Crippen LogP contribution >= 0.6 is 11.8 Å². The van der Waals surface area contributed by atoms with E-state index in [1.54, 1.807) is 0 Å². The van der Waals surface area contributed by atoms with Crippen LogP contribution in [0.1, 0.15) is 58.3 Å². The Balaban J connectivity index is 3.60. The minimum atomic E-state index is -5.45. The van der Waals surface area contributed by atoms with Crippen LogP contribution in [0.5, 0.6) is 0 Å². The summed E-state index contributed by atoms with van der Waals surface area (Å²) in [5.74, 6) is -4.25. The predicted octanol–water partition coefficient (Wildman–Crippen LogP) is 6.26. The summed E-state index contributed by atoms with van der Waals surface area (Å²) in [6.07, 6.45) is 2.62. The summed E-state index contributed by atoms with van der Waals surface area (Å²) in [7, 11) is 0. The topological polar surface area (TPSA) is 0 Å². The fourth-order valence-corrected chi connectivity index (χ4v) is 2.83. The standard InChI is InChI=1S/C14H24F5S/c1-3-4-5-6-7-8-9-10-11-20-12(2)13(15,16)14(17,18)19/h12H,1,3-11H2,2H3. The molecule has 1 atom stereocenters. The first kappa shape index (κ1) is 20.0. The third kappa shape index (κ3) is 7.70. The second-order valence-electron chi connectivity index (χ2n) is 4.96. The van der Waals surface area contributed by atoms with Gasteiger partial charge in [-0.1, -0.05) is 51.9 Å². The van der Waals surface area contributed by atoms with E-state index < -0.39 is 17.3 Å². The Morgan fingerprint density at radius 1 is 0.850 bits per heavy atom. The molecule has 6 heteroatoms. The number of unbranched alkanes of at least 4 members (excludes halogenated alkanes) is 7. The smallest absolute Gasteiger partial charge is 0.195 e. The van der Waals surface area contributed by atoms with Crippen molar-refractivity contribution in [2.75, 3.05) is 5.75 Å². The highest BCUT2D eigenvalue weighted by molar-refractivity contribution is 7.99. The van der Waals surface area contributed by atoms with Crippen LogP contribution in [-0.4, -0.2) is 23.1 Å². The van der Waals surface area contributed by atoms with Crippen molar-refractivity contribution in [3.63, 3.8) is 0 Å². The molecule has 0 rings (SSSR count). The second kappa shape index (κ2) is 9.85. The monoisotopic (exact) mass is 319 g/mol. The van der Waals surface area contributed by atoms with Gasteiger partial charge in [-0.3, -0.25) is 0 Å². The van der Waals surface area contributed by atoms with Crippen molar-refractivity contribution in [3.8, 4) is 0 Å². The number of rotatable bonds is 11. The summed E-state index contributed by atoms with van der Waals surface area (Å²) in [4.78, 5) is 0. The fraction of sp³-hybridized carbons (Fsp3) is 0.929. The zero-order chi connectivity index (χ0) is 15.6. The Morgan fingerprint density at radius 3 is 1.75 bits per heavy atom. The molecule has 0 saturated heterocycles. The average molecular weight is 319 g/mol. The molecule has 0 spiro atoms. The number of alkyl halides is 5. The fourth-order valence-electron chi connectivity index (χ4n) is 1.76. The molecule has 0 aromatic rings. The molecule has 1 radical (unpaired) electrons. The van der Waals surface area contributed by atoms with Gasteiger partial charge in [-0.2, -0.15) is 33.7 Å². The van der Waals surface area contributed by atoms with Crippen LogP contribution in [0.2, 0.25) is 0 Å². The van der Waals surface area contributed by atoms with Crippen molar-refractivity contribution in [2.24, 2.45) is 0 Å². The molecule has 0 aromatic heterocycles. The van der Waals surface area contributed by atoms with Gasteiger partial charge in [0.1, 0.15) is 0 Å². The van der Waals surface area contributed by atoms with Gasteiger partial charge in [0.05, 0.1) is 5.25 Å². The van der Waals surface area contributed by atoms with E-state index in [2.05, 4.69) is 6.92 Å². The molecule has 0 aromatic carbocycles. The van der Waals surface area contributed by atoms with Crippen LogP contribution in [0.4, 0.5) is 22.0 Å². The third-order valence-electron chi connectivity index (χ3n) is 3.15. The molecule has 1 unspecified atom stereocenters. The Kier molecular flexibility index (Phi) is 9.85. The summed E-state index contributed by atoms with van der Waals surface area (Å²) < 4.78 is 62.1. The maximum atomic E-state index is 12.9. The lowest BCUT2D eigenvalue weighted by Crippen LogP contribution is -2.44. The highest BCUT2D eigenvalue weighted by Crippen LogP contribution is 2.42. The minimum Gasteiger partial charge on any atom is -0.195 e. The molecule has 0 aliphatic rings. The van der Waals surface area contributed by atoms with Crippen molar-refractivity contribution in [2.45, 2.75) is 75.6 Å². The summed E-state index contributed by atoms with van der Waals surface area (Å²) >= 11 is 0.704. The van der Waals surface area contributed by atoms with E-state index >= 15 is 0 Å². The third-order valence-corrected chi connectivity index (χ3v) is 4.47. The maximum Gasteiger partial charge on any atom is 0.454 e. The van der Waals surface area contributed by atoms with Crippen LogP contribution in [0, 0.1) is 6.92 Å². The number of hydrogen-bond donors (Lipinski definition) is 0. The molecule has 0 N–H and O–H groups in total. The lowest BCUT2D eigenvalue weighted by Gasteiger charge is -2.25. The van der Waals surface area contributed by atoms with Gasteiger partial charge in [0, 0.05) is 0 Å². The minimum absolute atomic E-state index is 0.353. The SMILES string of the molecule is [CH2]CCCCCCCCCSC(C)C(F)(F)C(F)(F)F. The molecule has 0 heterocycles. The van der Waals surface area contributed by atoms with E-state index in [-0.39, 0.29) is 0 Å². The predicted molar refractivity (Wildman–Crippen MR) is 75.2 cm³/mol. The van der Waals surface area contributed by atoms with Gasteiger partial charge in [-0.25, -0.2) is 0 Å². The van der Waals surface area contributed by atoms with Crippen LogP contribution in [0.25, 0.3) is 0 Å². The summed E-state index contributed by atoms with van der Waals surface area (Å²) in [5.41, 5.74) is 0. The van der Waals surface area contributed by atoms with Gasteiger partial charge in [0.15, 0.2) is 0 Å². The van der Waals surface area contributed by atoms with Gasteiger partial charge in [-0.05, 0) is 19.1 Å². The van der Waals surface area contributed by atoms with E-state index in [1.807, 2.05) is 0 Å². The van der Waals surface area contributed by atoms with Gasteiger partial charge in [-0.15, -0.1) is 0 Å². The Morgan fingerprint density at radius 2 is 1.30 bits per heavy atom. The van der Waals surface area contributed by atoms with E-state index in [0.29, 0.717) is 23.9 Å². The highest BCUT2D eigenvalue weighted by atomic mass is 32.2. The Bertz CT molecular complexity index is 240. The van der Waals surface area contributed by atoms with Crippen LogP contribution in [0.15, 0.2) is 0 Å². The van der Waals surface area contributed by atoms with E-state index in [0.717, 1.165) is 51.9 Å². The second-order valence-corrected chi connectivity index (χ2v) is 6.41. The van der Waals surface area contributed by atoms with Gasteiger partial charge < -0.3 is 0 Å². The molecule has 0 aliphatic heterocycles. The Hall–Kier alpha value is -0.0000000000000000555. The molecule has 0 fully saturated rings.